The zero-order valence-corrected chi connectivity index (χ0v) is 20.1. The Morgan fingerprint density at radius 3 is 2.43 bits per heavy atom. The summed E-state index contributed by atoms with van der Waals surface area (Å²) in [5, 5.41) is 1.47. The van der Waals surface area contributed by atoms with Gasteiger partial charge in [-0.05, 0) is 54.4 Å². The molecule has 1 heterocycles. The number of benzene rings is 3. The average Bonchev–Trinajstić information content (AvgIpc) is 2.81. The second-order valence-corrected chi connectivity index (χ2v) is 8.65. The van der Waals surface area contributed by atoms with E-state index in [9.17, 15) is 4.79 Å². The van der Waals surface area contributed by atoms with Gasteiger partial charge in [0.25, 0.3) is 0 Å². The summed E-state index contributed by atoms with van der Waals surface area (Å²) in [5.41, 5.74) is 9.58. The van der Waals surface area contributed by atoms with Crippen molar-refractivity contribution in [2.24, 2.45) is 11.6 Å². The zero-order chi connectivity index (χ0) is 24.8. The van der Waals surface area contributed by atoms with Crippen LogP contribution in [0, 0.1) is 6.92 Å². The van der Waals surface area contributed by atoms with Gasteiger partial charge in [-0.3, -0.25) is 4.79 Å². The van der Waals surface area contributed by atoms with Crippen LogP contribution in [0.15, 0.2) is 66.7 Å². The number of rotatable bonds is 11. The topological polar surface area (TPSA) is 103 Å². The molecule has 0 saturated carbocycles. The number of hydrogen-bond acceptors (Lipinski definition) is 7. The molecule has 8 nitrogen and oxygen atoms in total. The molecule has 0 aromatic heterocycles. The van der Waals surface area contributed by atoms with Crippen molar-refractivity contribution in [3.8, 4) is 11.5 Å². The predicted molar refractivity (Wildman–Crippen MR) is 137 cm³/mol. The number of carbonyl (C=O) groups excluding carboxylic acids is 1. The Kier molecular flexibility index (Phi) is 7.87. The van der Waals surface area contributed by atoms with Crippen LogP contribution >= 0.6 is 0 Å². The van der Waals surface area contributed by atoms with E-state index < -0.39 is 5.91 Å². The van der Waals surface area contributed by atoms with Crippen molar-refractivity contribution in [3.63, 3.8) is 0 Å². The highest BCUT2D eigenvalue weighted by Gasteiger charge is 2.27. The number of anilines is 2. The number of ether oxygens (including phenoxy) is 3. The van der Waals surface area contributed by atoms with Crippen LogP contribution in [0.1, 0.15) is 21.5 Å². The molecule has 0 spiro atoms. The van der Waals surface area contributed by atoms with Crippen molar-refractivity contribution in [3.05, 3.63) is 83.4 Å². The fourth-order valence-corrected chi connectivity index (χ4v) is 4.06. The minimum Gasteiger partial charge on any atom is -0.455 e. The van der Waals surface area contributed by atoms with Crippen LogP contribution in [0.25, 0.3) is 0 Å². The normalized spacial score (nSPS) is 13.4. The Labute approximate surface area is 205 Å². The lowest BCUT2D eigenvalue weighted by atomic mass is 10.1. The maximum atomic E-state index is 11.7. The van der Waals surface area contributed by atoms with E-state index in [2.05, 4.69) is 17.0 Å². The standard InChI is InChI=1S/C27H32N4O4/c1-19-14-21(27(28)32)15-25(26(19)30(2)29)35-23-10-8-22(9-11-23)31-16-24(17-31)34-13-12-33-18-20-6-4-3-5-7-20/h3-11,14-15,24H,12-13,16-18,29H2,1-2H3,(H2,28,32). The van der Waals surface area contributed by atoms with Crippen molar-refractivity contribution >= 4 is 17.3 Å². The van der Waals surface area contributed by atoms with Crippen molar-refractivity contribution in [1.29, 1.82) is 0 Å². The van der Waals surface area contributed by atoms with Gasteiger partial charge >= 0.3 is 0 Å². The van der Waals surface area contributed by atoms with Crippen molar-refractivity contribution in [1.82, 2.24) is 0 Å². The summed E-state index contributed by atoms with van der Waals surface area (Å²) in [7, 11) is 1.72. The van der Waals surface area contributed by atoms with Crippen molar-refractivity contribution in [2.45, 2.75) is 19.6 Å². The fraction of sp³-hybridized carbons (Fsp3) is 0.296. The van der Waals surface area contributed by atoms with Gasteiger partial charge in [0.05, 0.1) is 31.6 Å². The molecule has 184 valence electrons. The Morgan fingerprint density at radius 2 is 1.77 bits per heavy atom. The average molecular weight is 477 g/mol. The summed E-state index contributed by atoms with van der Waals surface area (Å²) in [6.45, 7) is 5.29. The van der Waals surface area contributed by atoms with Gasteiger partial charge in [0, 0.05) is 31.4 Å². The quantitative estimate of drug-likeness (QED) is 0.247. The van der Waals surface area contributed by atoms with Gasteiger partial charge in [0.1, 0.15) is 5.75 Å². The monoisotopic (exact) mass is 476 g/mol. The number of carbonyl (C=O) groups is 1. The highest BCUT2D eigenvalue weighted by molar-refractivity contribution is 5.94. The second-order valence-electron chi connectivity index (χ2n) is 8.65. The fourth-order valence-electron chi connectivity index (χ4n) is 4.06. The SMILES string of the molecule is Cc1cc(C(N)=O)cc(Oc2ccc(N3CC(OCCOCc4ccccc4)C3)cc2)c1N(C)N. The Balaban J connectivity index is 1.25. The van der Waals surface area contributed by atoms with Gasteiger partial charge in [0.15, 0.2) is 5.75 Å². The number of hydrogen-bond donors (Lipinski definition) is 2. The van der Waals surface area contributed by atoms with E-state index in [-0.39, 0.29) is 6.10 Å². The molecule has 35 heavy (non-hydrogen) atoms. The molecular formula is C27H32N4O4. The third-order valence-corrected chi connectivity index (χ3v) is 5.87. The van der Waals surface area contributed by atoms with Crippen LogP contribution in [0.2, 0.25) is 0 Å². The number of nitrogens with two attached hydrogens (primary N) is 2. The summed E-state index contributed by atoms with van der Waals surface area (Å²) in [6, 6.07) is 21.2. The Morgan fingerprint density at radius 1 is 1.06 bits per heavy atom. The van der Waals surface area contributed by atoms with Gasteiger partial charge in [-0.15, -0.1) is 0 Å². The first kappa shape index (κ1) is 24.5. The molecule has 0 unspecified atom stereocenters. The number of primary amides is 1. The maximum absolute atomic E-state index is 11.7. The third kappa shape index (κ3) is 6.30. The number of aryl methyl sites for hydroxylation is 1. The van der Waals surface area contributed by atoms with Crippen molar-refractivity contribution < 1.29 is 19.0 Å². The highest BCUT2D eigenvalue weighted by atomic mass is 16.5. The molecule has 1 amide bonds. The minimum atomic E-state index is -0.517. The summed E-state index contributed by atoms with van der Waals surface area (Å²) in [4.78, 5) is 13.9. The smallest absolute Gasteiger partial charge is 0.248 e. The first-order valence-electron chi connectivity index (χ1n) is 11.6. The molecule has 3 aromatic carbocycles. The largest absolute Gasteiger partial charge is 0.455 e. The molecule has 8 heteroatoms. The summed E-state index contributed by atoms with van der Waals surface area (Å²) in [5.74, 6) is 6.59. The molecule has 0 bridgehead atoms. The first-order valence-corrected chi connectivity index (χ1v) is 11.6. The third-order valence-electron chi connectivity index (χ3n) is 5.87. The molecule has 1 aliphatic heterocycles. The highest BCUT2D eigenvalue weighted by Crippen LogP contribution is 2.36. The van der Waals surface area contributed by atoms with E-state index in [4.69, 9.17) is 25.8 Å². The number of hydrazine groups is 1. The number of amides is 1. The Hall–Kier alpha value is -3.59. The minimum absolute atomic E-state index is 0.202. The lowest BCUT2D eigenvalue weighted by Gasteiger charge is -2.40. The van der Waals surface area contributed by atoms with Crippen LogP contribution in [0.3, 0.4) is 0 Å². The maximum Gasteiger partial charge on any atom is 0.248 e. The molecular weight excluding hydrogens is 444 g/mol. The molecule has 1 saturated heterocycles. The second kappa shape index (κ2) is 11.2. The van der Waals surface area contributed by atoms with E-state index in [0.717, 1.165) is 29.9 Å². The molecule has 1 fully saturated rings. The van der Waals surface area contributed by atoms with Gasteiger partial charge < -0.3 is 29.9 Å². The zero-order valence-electron chi connectivity index (χ0n) is 20.1. The van der Waals surface area contributed by atoms with Gasteiger partial charge in [0.2, 0.25) is 5.91 Å². The predicted octanol–water partition coefficient (Wildman–Crippen LogP) is 3.62. The van der Waals surface area contributed by atoms with E-state index in [1.807, 2.05) is 49.4 Å². The summed E-state index contributed by atoms with van der Waals surface area (Å²) in [6.07, 6.45) is 0.202. The summed E-state index contributed by atoms with van der Waals surface area (Å²) >= 11 is 0. The first-order chi connectivity index (χ1) is 16.9. The van der Waals surface area contributed by atoms with E-state index >= 15 is 0 Å². The molecule has 3 aromatic rings. The van der Waals surface area contributed by atoms with Crippen LogP contribution in [0.4, 0.5) is 11.4 Å². The van der Waals surface area contributed by atoms with Gasteiger partial charge in [-0.25, -0.2) is 5.84 Å². The molecule has 0 atom stereocenters. The molecule has 4 N–H and O–H groups in total. The van der Waals surface area contributed by atoms with Gasteiger partial charge in [-0.1, -0.05) is 30.3 Å². The molecule has 0 aliphatic carbocycles. The van der Waals surface area contributed by atoms with Crippen molar-refractivity contribution in [2.75, 3.05) is 43.3 Å². The van der Waals surface area contributed by atoms with E-state index in [1.165, 1.54) is 5.01 Å². The van der Waals surface area contributed by atoms with Crippen LogP contribution in [-0.2, 0) is 16.1 Å². The lowest BCUT2D eigenvalue weighted by Crippen LogP contribution is -2.52. The van der Waals surface area contributed by atoms with E-state index in [0.29, 0.717) is 42.6 Å². The van der Waals surface area contributed by atoms with Crippen LogP contribution in [-0.4, -0.2) is 45.4 Å². The summed E-state index contributed by atoms with van der Waals surface area (Å²) < 4.78 is 17.6. The molecule has 0 radical (unpaired) electrons. The van der Waals surface area contributed by atoms with Crippen LogP contribution < -0.4 is 26.2 Å². The van der Waals surface area contributed by atoms with Gasteiger partial charge in [-0.2, -0.15) is 0 Å². The number of nitrogens with zero attached hydrogens (tertiary/aromatic N) is 2. The van der Waals surface area contributed by atoms with Crippen LogP contribution in [0.5, 0.6) is 11.5 Å². The Bertz CT molecular complexity index is 1130. The lowest BCUT2D eigenvalue weighted by molar-refractivity contribution is -0.0103. The van der Waals surface area contributed by atoms with E-state index in [1.54, 1.807) is 19.2 Å². The molecule has 4 rings (SSSR count). The molecule has 1 aliphatic rings.